The number of carbonyl (C=O) groups excluding carboxylic acids is 2. The van der Waals surface area contributed by atoms with E-state index in [0.29, 0.717) is 10.7 Å². The van der Waals surface area contributed by atoms with E-state index in [1.807, 2.05) is 0 Å². The Morgan fingerprint density at radius 2 is 1.96 bits per heavy atom. The van der Waals surface area contributed by atoms with E-state index in [-0.39, 0.29) is 24.0 Å². The summed E-state index contributed by atoms with van der Waals surface area (Å²) >= 11 is 6.96. The average Bonchev–Trinajstić information content (AvgIpc) is 3.13. The summed E-state index contributed by atoms with van der Waals surface area (Å²) in [4.78, 5) is 39.9. The van der Waals surface area contributed by atoms with E-state index in [0.717, 1.165) is 21.6 Å². The van der Waals surface area contributed by atoms with Crippen LogP contribution in [0.15, 0.2) is 46.6 Å². The maximum absolute atomic E-state index is 12.3. The number of ether oxygens (including phenoxy) is 1. The second-order valence-electron chi connectivity index (χ2n) is 5.53. The van der Waals surface area contributed by atoms with Crippen LogP contribution in [-0.2, 0) is 16.1 Å². The Kier molecular flexibility index (Phi) is 6.17. The fourth-order valence-electron chi connectivity index (χ4n) is 2.26. The summed E-state index contributed by atoms with van der Waals surface area (Å²) in [5.41, 5.74) is 0.988. The van der Waals surface area contributed by atoms with Crippen LogP contribution in [0.1, 0.15) is 17.4 Å². The van der Waals surface area contributed by atoms with Gasteiger partial charge in [-0.3, -0.25) is 9.59 Å². The summed E-state index contributed by atoms with van der Waals surface area (Å²) in [5.74, 6) is -1.06. The zero-order chi connectivity index (χ0) is 20.1. The van der Waals surface area contributed by atoms with Crippen molar-refractivity contribution in [2.75, 3.05) is 11.9 Å². The highest BCUT2D eigenvalue weighted by atomic mass is 35.5. The van der Waals surface area contributed by atoms with E-state index < -0.39 is 17.4 Å². The highest BCUT2D eigenvalue weighted by Crippen LogP contribution is 2.19. The average molecular weight is 419 g/mol. The van der Waals surface area contributed by atoms with Crippen LogP contribution >= 0.6 is 22.9 Å². The van der Waals surface area contributed by atoms with Crippen LogP contribution < -0.4 is 10.9 Å². The lowest BCUT2D eigenvalue weighted by Crippen LogP contribution is -2.29. The van der Waals surface area contributed by atoms with Crippen LogP contribution in [0.4, 0.5) is 5.13 Å². The van der Waals surface area contributed by atoms with Gasteiger partial charge in [0.1, 0.15) is 6.54 Å². The van der Waals surface area contributed by atoms with Gasteiger partial charge in [-0.05, 0) is 25.1 Å². The van der Waals surface area contributed by atoms with Crippen molar-refractivity contribution in [1.82, 2.24) is 14.8 Å². The summed E-state index contributed by atoms with van der Waals surface area (Å²) in [6.45, 7) is 1.63. The lowest BCUT2D eigenvalue weighted by molar-refractivity contribution is -0.117. The Labute approximate surface area is 168 Å². The Morgan fingerprint density at radius 1 is 1.21 bits per heavy atom. The number of esters is 1. The molecule has 144 valence electrons. The van der Waals surface area contributed by atoms with Crippen molar-refractivity contribution >= 4 is 39.9 Å². The second-order valence-corrected chi connectivity index (χ2v) is 6.82. The molecular weight excluding hydrogens is 404 g/mol. The first-order chi connectivity index (χ1) is 13.5. The van der Waals surface area contributed by atoms with Crippen molar-refractivity contribution in [2.45, 2.75) is 13.5 Å². The maximum atomic E-state index is 12.3. The number of carbonyl (C=O) groups is 2. The van der Waals surface area contributed by atoms with Crippen LogP contribution in [0.2, 0.25) is 5.02 Å². The minimum absolute atomic E-state index is 0.113. The normalized spacial score (nSPS) is 10.5. The van der Waals surface area contributed by atoms with E-state index in [9.17, 15) is 14.4 Å². The van der Waals surface area contributed by atoms with Gasteiger partial charge < -0.3 is 10.1 Å². The molecule has 8 nitrogen and oxygen atoms in total. The number of nitrogens with one attached hydrogen (secondary N) is 1. The number of rotatable bonds is 6. The van der Waals surface area contributed by atoms with Gasteiger partial charge in [-0.15, -0.1) is 11.3 Å². The van der Waals surface area contributed by atoms with Gasteiger partial charge in [0.05, 0.1) is 12.3 Å². The molecule has 3 rings (SSSR count). The van der Waals surface area contributed by atoms with Crippen molar-refractivity contribution in [3.63, 3.8) is 0 Å². The molecule has 0 aliphatic rings. The minimum atomic E-state index is -0.562. The fourth-order valence-corrected chi connectivity index (χ4v) is 3.08. The molecule has 0 radical (unpaired) electrons. The highest BCUT2D eigenvalue weighted by molar-refractivity contribution is 7.14. The third-order valence-electron chi connectivity index (χ3n) is 3.54. The van der Waals surface area contributed by atoms with Crippen molar-refractivity contribution in [3.8, 4) is 11.3 Å². The number of aromatic nitrogens is 3. The number of hydrogen-bond donors (Lipinski definition) is 1. The molecule has 1 aromatic carbocycles. The number of amides is 1. The molecular formula is C18H15ClN4O4S. The minimum Gasteiger partial charge on any atom is -0.461 e. The van der Waals surface area contributed by atoms with E-state index in [4.69, 9.17) is 16.3 Å². The molecule has 28 heavy (non-hydrogen) atoms. The Hall–Kier alpha value is -3.04. The van der Waals surface area contributed by atoms with Crippen molar-refractivity contribution < 1.29 is 14.3 Å². The quantitative estimate of drug-likeness (QED) is 0.617. The predicted octanol–water partition coefficient (Wildman–Crippen LogP) is 2.84. The van der Waals surface area contributed by atoms with Crippen LogP contribution in [0.25, 0.3) is 11.3 Å². The van der Waals surface area contributed by atoms with Gasteiger partial charge in [-0.25, -0.2) is 14.5 Å². The zero-order valence-corrected chi connectivity index (χ0v) is 16.3. The number of hydrogen-bond acceptors (Lipinski definition) is 7. The van der Waals surface area contributed by atoms with E-state index in [2.05, 4.69) is 15.4 Å². The van der Waals surface area contributed by atoms with Crippen LogP contribution in [0.3, 0.4) is 0 Å². The van der Waals surface area contributed by atoms with Gasteiger partial charge in [0.15, 0.2) is 10.8 Å². The molecule has 2 heterocycles. The predicted molar refractivity (Wildman–Crippen MR) is 106 cm³/mol. The van der Waals surface area contributed by atoms with Crippen molar-refractivity contribution in [1.29, 1.82) is 0 Å². The number of benzene rings is 1. The summed E-state index contributed by atoms with van der Waals surface area (Å²) in [6, 6.07) is 9.88. The number of thiazole rings is 1. The first-order valence-corrected chi connectivity index (χ1v) is 9.48. The summed E-state index contributed by atoms with van der Waals surface area (Å²) in [6.07, 6.45) is 0. The largest absolute Gasteiger partial charge is 0.461 e. The van der Waals surface area contributed by atoms with Gasteiger partial charge >= 0.3 is 5.97 Å². The first kappa shape index (κ1) is 19.7. The van der Waals surface area contributed by atoms with Crippen LogP contribution in [0, 0.1) is 0 Å². The van der Waals surface area contributed by atoms with Gasteiger partial charge in [0.25, 0.3) is 5.56 Å². The lowest BCUT2D eigenvalue weighted by Gasteiger charge is -2.07. The molecule has 0 atom stereocenters. The van der Waals surface area contributed by atoms with Crippen LogP contribution in [-0.4, -0.2) is 33.2 Å². The van der Waals surface area contributed by atoms with Crippen molar-refractivity contribution in [2.24, 2.45) is 0 Å². The summed E-state index contributed by atoms with van der Waals surface area (Å²) < 4.78 is 5.90. The SMILES string of the molecule is CCOC(=O)c1csc(NC(=O)Cn2nc(-c3ccc(Cl)cc3)ccc2=O)n1. The standard InChI is InChI=1S/C18H15ClN4O4S/c1-2-27-17(26)14-10-28-18(20-14)21-15(24)9-23-16(25)8-7-13(22-23)11-3-5-12(19)6-4-11/h3-8,10H,2,9H2,1H3,(H,20,21,24). The third kappa shape index (κ3) is 4.81. The molecule has 0 saturated carbocycles. The third-order valence-corrected chi connectivity index (χ3v) is 4.54. The monoisotopic (exact) mass is 418 g/mol. The van der Waals surface area contributed by atoms with Gasteiger partial charge in [-0.2, -0.15) is 5.10 Å². The Balaban J connectivity index is 1.72. The van der Waals surface area contributed by atoms with Crippen LogP contribution in [0.5, 0.6) is 0 Å². The Bertz CT molecular complexity index is 1060. The Morgan fingerprint density at radius 3 is 2.68 bits per heavy atom. The van der Waals surface area contributed by atoms with E-state index in [1.54, 1.807) is 37.3 Å². The molecule has 10 heteroatoms. The molecule has 1 N–H and O–H groups in total. The molecule has 0 fully saturated rings. The van der Waals surface area contributed by atoms with E-state index in [1.165, 1.54) is 11.4 Å². The van der Waals surface area contributed by atoms with Crippen molar-refractivity contribution in [3.05, 3.63) is 62.8 Å². The fraction of sp³-hybridized carbons (Fsp3) is 0.167. The molecule has 0 unspecified atom stereocenters. The highest BCUT2D eigenvalue weighted by Gasteiger charge is 2.14. The number of halogens is 1. The topological polar surface area (TPSA) is 103 Å². The lowest BCUT2D eigenvalue weighted by atomic mass is 10.1. The molecule has 0 aliphatic carbocycles. The molecule has 0 saturated heterocycles. The molecule has 3 aromatic rings. The maximum Gasteiger partial charge on any atom is 0.357 e. The smallest absolute Gasteiger partial charge is 0.357 e. The number of nitrogens with zero attached hydrogens (tertiary/aromatic N) is 3. The summed E-state index contributed by atoms with van der Waals surface area (Å²) in [7, 11) is 0. The van der Waals surface area contributed by atoms with Gasteiger partial charge in [0.2, 0.25) is 5.91 Å². The zero-order valence-electron chi connectivity index (χ0n) is 14.7. The molecule has 1 amide bonds. The first-order valence-electron chi connectivity index (χ1n) is 8.23. The molecule has 0 bridgehead atoms. The second kappa shape index (κ2) is 8.77. The van der Waals surface area contributed by atoms with Gasteiger partial charge in [0, 0.05) is 22.0 Å². The number of anilines is 1. The summed E-state index contributed by atoms with van der Waals surface area (Å²) in [5, 5.41) is 9.07. The van der Waals surface area contributed by atoms with Gasteiger partial charge in [-0.1, -0.05) is 23.7 Å². The molecule has 0 aliphatic heterocycles. The molecule has 2 aromatic heterocycles. The van der Waals surface area contributed by atoms with E-state index >= 15 is 0 Å². The molecule has 0 spiro atoms.